The summed E-state index contributed by atoms with van der Waals surface area (Å²) in [5.74, 6) is -3.17. The molecule has 3 aromatic rings. The lowest BCUT2D eigenvalue weighted by Gasteiger charge is -2.34. The van der Waals surface area contributed by atoms with Gasteiger partial charge in [-0.15, -0.1) is 0 Å². The Bertz CT molecular complexity index is 1570. The van der Waals surface area contributed by atoms with E-state index in [0.717, 1.165) is 48.8 Å². The molecule has 3 rings (SSSR count). The molecule has 11 heteroatoms. The van der Waals surface area contributed by atoms with Crippen molar-refractivity contribution in [3.8, 4) is 0 Å². The number of carbonyl (C=O) groups excluding carboxylic acids is 4. The van der Waals surface area contributed by atoms with Crippen molar-refractivity contribution in [1.82, 2.24) is 4.90 Å². The highest BCUT2D eigenvalue weighted by Crippen LogP contribution is 2.24. The molecule has 0 bridgehead atoms. The minimum Gasteiger partial charge on any atom is -0.461 e. The van der Waals surface area contributed by atoms with Crippen LogP contribution < -0.4 is 0 Å². The van der Waals surface area contributed by atoms with Gasteiger partial charge in [0.1, 0.15) is 26.1 Å². The van der Waals surface area contributed by atoms with Crippen molar-refractivity contribution in [1.29, 1.82) is 0 Å². The molecule has 0 radical (unpaired) electrons. The first-order valence-electron chi connectivity index (χ1n) is 19.7. The van der Waals surface area contributed by atoms with Gasteiger partial charge in [-0.1, -0.05) is 137 Å². The first-order valence-corrected chi connectivity index (χ1v) is 19.7. The fourth-order valence-corrected chi connectivity index (χ4v) is 6.18. The summed E-state index contributed by atoms with van der Waals surface area (Å²) in [5, 5.41) is 0. The van der Waals surface area contributed by atoms with Gasteiger partial charge < -0.3 is 33.3 Å². The number of methoxy groups -OCH3 is 1. The quantitative estimate of drug-likeness (QED) is 0.0358. The Hall–Kier alpha value is -4.74. The summed E-state index contributed by atoms with van der Waals surface area (Å²) in [5.41, 5.74) is 2.57. The summed E-state index contributed by atoms with van der Waals surface area (Å²) < 4.78 is 34.4. The molecule has 56 heavy (non-hydrogen) atoms. The summed E-state index contributed by atoms with van der Waals surface area (Å²) >= 11 is 0. The largest absolute Gasteiger partial charge is 0.461 e. The molecule has 0 heterocycles. The van der Waals surface area contributed by atoms with Gasteiger partial charge in [0.15, 0.2) is 0 Å². The van der Waals surface area contributed by atoms with Crippen LogP contribution in [0.25, 0.3) is 0 Å². The second-order valence-corrected chi connectivity index (χ2v) is 14.4. The lowest BCUT2D eigenvalue weighted by molar-refractivity contribution is -0.179. The van der Waals surface area contributed by atoms with Crippen molar-refractivity contribution < 1.29 is 47.6 Å². The number of benzene rings is 3. The first kappa shape index (κ1) is 45.6. The smallest absolute Gasteiger partial charge is 0.410 e. The van der Waals surface area contributed by atoms with E-state index in [1.165, 1.54) is 12.0 Å². The Kier molecular flexibility index (Phi) is 20.7. The van der Waals surface area contributed by atoms with Gasteiger partial charge in [-0.2, -0.15) is 0 Å². The Labute approximate surface area is 332 Å². The minimum absolute atomic E-state index is 0.0471. The maximum atomic E-state index is 13.9. The van der Waals surface area contributed by atoms with Crippen LogP contribution in [0.2, 0.25) is 0 Å². The highest BCUT2D eigenvalue weighted by molar-refractivity contribution is 5.81. The highest BCUT2D eigenvalue weighted by Gasteiger charge is 2.37. The number of ether oxygens (including phenoxy) is 6. The van der Waals surface area contributed by atoms with Crippen molar-refractivity contribution in [3.05, 3.63) is 108 Å². The van der Waals surface area contributed by atoms with Crippen LogP contribution in [0.1, 0.15) is 89.3 Å². The number of esters is 3. The molecule has 0 aliphatic heterocycles. The molecule has 306 valence electrons. The van der Waals surface area contributed by atoms with E-state index < -0.39 is 54.3 Å². The van der Waals surface area contributed by atoms with E-state index in [2.05, 4.69) is 6.92 Å². The molecule has 3 aromatic carbocycles. The molecular formula is C45H61NO10. The first-order chi connectivity index (χ1) is 27.0. The molecule has 0 unspecified atom stereocenters. The van der Waals surface area contributed by atoms with Gasteiger partial charge in [0.05, 0.1) is 24.5 Å². The third-order valence-corrected chi connectivity index (χ3v) is 9.58. The Morgan fingerprint density at radius 2 is 1.21 bits per heavy atom. The number of hydrogen-bond acceptors (Lipinski definition) is 10. The number of amides is 1. The summed E-state index contributed by atoms with van der Waals surface area (Å²) in [6, 6.07) is 27.5. The van der Waals surface area contributed by atoms with Gasteiger partial charge in [-0.05, 0) is 42.9 Å². The lowest BCUT2D eigenvalue weighted by Crippen LogP contribution is -2.48. The van der Waals surface area contributed by atoms with Crippen molar-refractivity contribution in [2.45, 2.75) is 117 Å². The molecule has 0 spiro atoms. The molecule has 0 saturated heterocycles. The van der Waals surface area contributed by atoms with Crippen LogP contribution in [0.5, 0.6) is 0 Å². The monoisotopic (exact) mass is 775 g/mol. The van der Waals surface area contributed by atoms with Crippen molar-refractivity contribution in [3.63, 3.8) is 0 Å². The van der Waals surface area contributed by atoms with Crippen LogP contribution in [0.3, 0.4) is 0 Å². The highest BCUT2D eigenvalue weighted by atomic mass is 16.7. The van der Waals surface area contributed by atoms with Crippen molar-refractivity contribution in [2.24, 2.45) is 11.8 Å². The van der Waals surface area contributed by atoms with Gasteiger partial charge in [-0.25, -0.2) is 9.59 Å². The summed E-state index contributed by atoms with van der Waals surface area (Å²) in [7, 11) is 3.09. The van der Waals surface area contributed by atoms with E-state index >= 15 is 0 Å². The van der Waals surface area contributed by atoms with Crippen molar-refractivity contribution in [2.75, 3.05) is 21.0 Å². The zero-order chi connectivity index (χ0) is 40.7. The van der Waals surface area contributed by atoms with Crippen LogP contribution in [0.4, 0.5) is 4.79 Å². The Morgan fingerprint density at radius 1 is 0.661 bits per heavy atom. The van der Waals surface area contributed by atoms with Crippen LogP contribution in [0, 0.1) is 11.8 Å². The summed E-state index contributed by atoms with van der Waals surface area (Å²) in [6.07, 6.45) is 1.87. The molecule has 0 aromatic heterocycles. The fourth-order valence-electron chi connectivity index (χ4n) is 6.18. The molecular weight excluding hydrogens is 714 g/mol. The predicted octanol–water partition coefficient (Wildman–Crippen LogP) is 8.47. The van der Waals surface area contributed by atoms with Crippen LogP contribution >= 0.6 is 0 Å². The third kappa shape index (κ3) is 16.2. The van der Waals surface area contributed by atoms with Gasteiger partial charge in [0.25, 0.3) is 0 Å². The Morgan fingerprint density at radius 3 is 1.77 bits per heavy atom. The average Bonchev–Trinajstić information content (AvgIpc) is 3.21. The molecule has 11 nitrogen and oxygen atoms in total. The molecule has 0 saturated carbocycles. The van der Waals surface area contributed by atoms with E-state index in [-0.39, 0.29) is 32.3 Å². The number of likely N-dealkylation sites (N-methyl/N-ethyl adjacent to an activating group) is 1. The summed E-state index contributed by atoms with van der Waals surface area (Å²) in [6.45, 7) is 7.31. The second kappa shape index (κ2) is 25.4. The predicted molar refractivity (Wildman–Crippen MR) is 213 cm³/mol. The fraction of sp³-hybridized carbons (Fsp3) is 0.511. The van der Waals surface area contributed by atoms with Gasteiger partial charge >= 0.3 is 24.0 Å². The van der Waals surface area contributed by atoms with E-state index in [4.69, 9.17) is 28.4 Å². The van der Waals surface area contributed by atoms with Crippen molar-refractivity contribution >= 4 is 24.0 Å². The topological polar surface area (TPSA) is 127 Å². The number of hydrogen-bond donors (Lipinski definition) is 0. The number of nitrogens with zero attached hydrogens (tertiary/aromatic N) is 1. The third-order valence-electron chi connectivity index (χ3n) is 9.58. The van der Waals surface area contributed by atoms with E-state index in [9.17, 15) is 19.2 Å². The van der Waals surface area contributed by atoms with Crippen LogP contribution in [0.15, 0.2) is 91.0 Å². The van der Waals surface area contributed by atoms with Crippen LogP contribution in [-0.4, -0.2) is 74.2 Å². The molecule has 5 atom stereocenters. The number of unbranched alkanes of at least 4 members (excludes halogenated alkanes) is 4. The standard InChI is InChI=1S/C45H61NO10/c1-7-8-9-10-20-27-39(34(4)43(48)56-42(33(2)3)44(49)52-30-36-23-16-12-17-24-36)55-41(47)29-40(54-32-51-6)38(28-35-21-14-11-15-22-35)46(5)45(50)53-31-37-25-18-13-19-26-37/h11-19,21-26,33-34,38-40,42H,7-10,20,27-32H2,1-6H3/t34-,38-,39-,40+,42-/m0/s1. The SMILES string of the molecule is CCCCCCC[C@H](OC(=O)C[C@@H](OCOC)[C@H](Cc1ccccc1)N(C)C(=O)OCc1ccccc1)[C@H](C)C(=O)O[C@H](C(=O)OCc1ccccc1)C(C)C. The molecule has 0 fully saturated rings. The normalized spacial score (nSPS) is 13.8. The molecule has 0 aliphatic rings. The van der Waals surface area contributed by atoms with E-state index in [0.29, 0.717) is 12.8 Å². The van der Waals surface area contributed by atoms with E-state index in [1.54, 1.807) is 27.8 Å². The average molecular weight is 776 g/mol. The van der Waals surface area contributed by atoms with Gasteiger partial charge in [0.2, 0.25) is 6.10 Å². The van der Waals surface area contributed by atoms with Crippen LogP contribution in [-0.2, 0) is 62.4 Å². The molecule has 1 amide bonds. The molecule has 0 N–H and O–H groups in total. The number of rotatable bonds is 25. The summed E-state index contributed by atoms with van der Waals surface area (Å²) in [4.78, 5) is 55.6. The maximum absolute atomic E-state index is 13.9. The maximum Gasteiger partial charge on any atom is 0.410 e. The minimum atomic E-state index is -1.14. The second-order valence-electron chi connectivity index (χ2n) is 14.4. The zero-order valence-electron chi connectivity index (χ0n) is 33.9. The Balaban J connectivity index is 1.79. The van der Waals surface area contributed by atoms with Gasteiger partial charge in [-0.3, -0.25) is 9.59 Å². The lowest BCUT2D eigenvalue weighted by atomic mass is 9.96. The zero-order valence-corrected chi connectivity index (χ0v) is 33.9. The number of carbonyl (C=O) groups is 4. The van der Waals surface area contributed by atoms with Gasteiger partial charge in [0, 0.05) is 20.1 Å². The van der Waals surface area contributed by atoms with E-state index in [1.807, 2.05) is 91.0 Å². The molecule has 0 aliphatic carbocycles.